The maximum atomic E-state index is 12.7. The van der Waals surface area contributed by atoms with Crippen LogP contribution in [0.15, 0.2) is 41.6 Å². The largest absolute Gasteiger partial charge is 0.497 e. The van der Waals surface area contributed by atoms with Crippen molar-refractivity contribution in [1.29, 1.82) is 0 Å². The minimum Gasteiger partial charge on any atom is -0.497 e. The number of carboxylic acid groups (broad SMARTS) is 1. The summed E-state index contributed by atoms with van der Waals surface area (Å²) in [6.07, 6.45) is 21.9. The Morgan fingerprint density at radius 1 is 0.964 bits per heavy atom. The quantitative estimate of drug-likeness (QED) is 0.229. The van der Waals surface area contributed by atoms with Crippen LogP contribution in [0.2, 0.25) is 0 Å². The van der Waals surface area contributed by atoms with Crippen molar-refractivity contribution in [1.82, 2.24) is 15.2 Å². The number of nitrogens with zero attached hydrogens (tertiary/aromatic N) is 2. The van der Waals surface area contributed by atoms with Crippen LogP contribution in [-0.4, -0.2) is 86.3 Å². The second-order valence-electron chi connectivity index (χ2n) is 20.1. The van der Waals surface area contributed by atoms with Gasteiger partial charge in [0.2, 0.25) is 5.88 Å². The average molecular weight is 792 g/mol. The second kappa shape index (κ2) is 15.0. The van der Waals surface area contributed by atoms with Crippen LogP contribution in [0.3, 0.4) is 0 Å². The fourth-order valence-electron chi connectivity index (χ4n) is 14.6. The molecule has 1 aromatic heterocycles. The van der Waals surface area contributed by atoms with Crippen molar-refractivity contribution in [3.8, 4) is 11.6 Å². The van der Waals surface area contributed by atoms with Gasteiger partial charge in [-0.15, -0.1) is 0 Å². The summed E-state index contributed by atoms with van der Waals surface area (Å²) in [5, 5.41) is 14.6. The van der Waals surface area contributed by atoms with E-state index >= 15 is 0 Å². The summed E-state index contributed by atoms with van der Waals surface area (Å²) in [6.45, 7) is 14.2. The third-order valence-corrected chi connectivity index (χ3v) is 19.7. The van der Waals surface area contributed by atoms with Crippen molar-refractivity contribution in [3.63, 3.8) is 0 Å². The first-order valence-electron chi connectivity index (χ1n) is 22.1. The monoisotopic (exact) mass is 791 g/mol. The van der Waals surface area contributed by atoms with Gasteiger partial charge in [-0.1, -0.05) is 46.3 Å². The van der Waals surface area contributed by atoms with E-state index in [0.29, 0.717) is 90.7 Å². The molecule has 0 aromatic carbocycles. The highest BCUT2D eigenvalue weighted by molar-refractivity contribution is 7.91. The van der Waals surface area contributed by atoms with Gasteiger partial charge in [-0.3, -0.25) is 4.79 Å². The highest BCUT2D eigenvalue weighted by Gasteiger charge is 2.68. The lowest BCUT2D eigenvalue weighted by atomic mass is 9.34. The van der Waals surface area contributed by atoms with Crippen molar-refractivity contribution in [2.45, 2.75) is 123 Å². The van der Waals surface area contributed by atoms with E-state index in [2.05, 4.69) is 55.0 Å². The number of allylic oxidation sites excluding steroid dienone is 4. The van der Waals surface area contributed by atoms with E-state index in [1.807, 2.05) is 0 Å². The molecule has 310 valence electrons. The Morgan fingerprint density at radius 3 is 2.50 bits per heavy atom. The summed E-state index contributed by atoms with van der Waals surface area (Å²) in [4.78, 5) is 19.4. The summed E-state index contributed by atoms with van der Waals surface area (Å²) < 4.78 is 35.2. The van der Waals surface area contributed by atoms with E-state index in [-0.39, 0.29) is 11.0 Å². The first-order valence-corrected chi connectivity index (χ1v) is 23.9. The molecule has 6 aliphatic carbocycles. The Hall–Kier alpha value is -2.43. The zero-order chi connectivity index (χ0) is 39.6. The molecule has 0 bridgehead atoms. The molecular weight excluding hydrogens is 723 g/mol. The smallest absolute Gasteiger partial charge is 0.310 e. The molecule has 7 aliphatic rings. The highest BCUT2D eigenvalue weighted by atomic mass is 32.2. The molecule has 5 fully saturated rings. The third kappa shape index (κ3) is 6.77. The number of sulfone groups is 1. The van der Waals surface area contributed by atoms with Crippen molar-refractivity contribution < 1.29 is 27.8 Å². The zero-order valence-electron chi connectivity index (χ0n) is 34.9. The molecule has 10 atom stereocenters. The van der Waals surface area contributed by atoms with Crippen LogP contribution < -0.4 is 14.8 Å². The molecule has 10 heteroatoms. The highest BCUT2D eigenvalue weighted by Crippen LogP contribution is 2.75. The molecule has 1 aliphatic heterocycles. The topological polar surface area (TPSA) is 118 Å². The molecule has 8 rings (SSSR count). The average Bonchev–Trinajstić information content (AvgIpc) is 3.60. The number of carboxylic acids is 1. The van der Waals surface area contributed by atoms with Crippen LogP contribution in [0.25, 0.3) is 0 Å². The molecule has 4 saturated carbocycles. The van der Waals surface area contributed by atoms with Crippen LogP contribution in [0.1, 0.15) is 118 Å². The number of ether oxygens (including phenoxy) is 2. The molecule has 56 heavy (non-hydrogen) atoms. The van der Waals surface area contributed by atoms with Crippen LogP contribution >= 0.6 is 0 Å². The predicted molar refractivity (Wildman–Crippen MR) is 220 cm³/mol. The van der Waals surface area contributed by atoms with Crippen molar-refractivity contribution in [2.24, 2.45) is 51.2 Å². The van der Waals surface area contributed by atoms with Gasteiger partial charge < -0.3 is 24.8 Å². The number of hydrogen-bond donors (Lipinski definition) is 2. The maximum absolute atomic E-state index is 12.7. The standard InChI is InChI=1S/C46H69N3O6S/c1-32-35(33-10-18-45(19-11-33,41(50)51)22-28-55-40-31-34(54-5)14-23-47-40)12-16-42(2)36(32)13-17-44(4)39(42)9-8-37-38-7-6-15-46(38,21-20-43(37,44)3)48-24-25-49-26-29-56(52,53)30-27-49/h10,12,14,23,31-32,36-39,48H,6-9,11,13,15-22,24-30H2,1-5H3,(H,50,51)/t32?,36?,37?,38-,39?,42?,43-,44?,45?,46?/m1/s1. The first-order chi connectivity index (χ1) is 26.7. The number of fused-ring (bicyclic) bond motifs is 7. The molecule has 0 amide bonds. The van der Waals surface area contributed by atoms with Gasteiger partial charge in [0.05, 0.1) is 30.6 Å². The third-order valence-electron chi connectivity index (χ3n) is 18.1. The van der Waals surface area contributed by atoms with Crippen LogP contribution in [0.5, 0.6) is 11.6 Å². The van der Waals surface area contributed by atoms with Crippen molar-refractivity contribution in [3.05, 3.63) is 41.6 Å². The summed E-state index contributed by atoms with van der Waals surface area (Å²) in [6, 6.07) is 3.51. The van der Waals surface area contributed by atoms with Crippen LogP contribution in [0.4, 0.5) is 0 Å². The number of pyridine rings is 1. The molecule has 1 aromatic rings. The summed E-state index contributed by atoms with van der Waals surface area (Å²) in [5.41, 5.74) is 3.27. The van der Waals surface area contributed by atoms with Gasteiger partial charge in [-0.2, -0.15) is 0 Å². The molecule has 0 spiro atoms. The van der Waals surface area contributed by atoms with E-state index in [0.717, 1.165) is 37.8 Å². The van der Waals surface area contributed by atoms with Gasteiger partial charge in [0.15, 0.2) is 9.84 Å². The Labute approximate surface area is 336 Å². The number of aromatic nitrogens is 1. The number of rotatable bonds is 11. The van der Waals surface area contributed by atoms with Gasteiger partial charge in [0.25, 0.3) is 0 Å². The minimum atomic E-state index is -2.85. The molecule has 9 nitrogen and oxygen atoms in total. The Kier molecular flexibility index (Phi) is 10.8. The number of carbonyl (C=O) groups is 1. The lowest BCUT2D eigenvalue weighted by molar-refractivity contribution is -0.212. The fourth-order valence-corrected chi connectivity index (χ4v) is 15.9. The van der Waals surface area contributed by atoms with Crippen molar-refractivity contribution in [2.75, 3.05) is 51.4 Å². The van der Waals surface area contributed by atoms with Crippen LogP contribution in [0, 0.1) is 51.2 Å². The lowest BCUT2D eigenvalue weighted by Gasteiger charge is -2.71. The van der Waals surface area contributed by atoms with E-state index in [1.54, 1.807) is 25.4 Å². The van der Waals surface area contributed by atoms with Crippen LogP contribution in [-0.2, 0) is 14.6 Å². The fraction of sp³-hybridized carbons (Fsp3) is 0.783. The number of hydrogen-bond acceptors (Lipinski definition) is 8. The summed E-state index contributed by atoms with van der Waals surface area (Å²) >= 11 is 0. The lowest BCUT2D eigenvalue weighted by Crippen LogP contribution is -2.67. The van der Waals surface area contributed by atoms with E-state index in [9.17, 15) is 18.3 Å². The van der Waals surface area contributed by atoms with Gasteiger partial charge in [-0.05, 0) is 147 Å². The first kappa shape index (κ1) is 40.4. The molecule has 2 N–H and O–H groups in total. The zero-order valence-corrected chi connectivity index (χ0v) is 35.7. The van der Waals surface area contributed by atoms with Crippen molar-refractivity contribution >= 4 is 15.8 Å². The second-order valence-corrected chi connectivity index (χ2v) is 22.4. The Balaban J connectivity index is 0.934. The van der Waals surface area contributed by atoms with Gasteiger partial charge in [-0.25, -0.2) is 13.4 Å². The van der Waals surface area contributed by atoms with Gasteiger partial charge in [0, 0.05) is 44.0 Å². The van der Waals surface area contributed by atoms with Gasteiger partial charge in [0.1, 0.15) is 5.75 Å². The van der Waals surface area contributed by atoms with E-state index in [1.165, 1.54) is 68.9 Å². The van der Waals surface area contributed by atoms with E-state index < -0.39 is 21.2 Å². The van der Waals surface area contributed by atoms with E-state index in [4.69, 9.17) is 9.47 Å². The predicted octanol–water partition coefficient (Wildman–Crippen LogP) is 8.11. The SMILES string of the molecule is COc1ccnc(OCCC2(C(=O)O)CC=C(C3=CCC4(C)C(CCC5(C)C4CCC4[C@H]6CCCC6(NCCN6CCS(=O)(=O)CC6)CC[C@]45C)C3C)CC2)c1. The molecule has 1 saturated heterocycles. The number of nitrogens with one attached hydrogen (secondary N) is 1. The number of methoxy groups -OCH3 is 1. The summed E-state index contributed by atoms with van der Waals surface area (Å²) in [5.74, 6) is 4.37. The molecule has 0 radical (unpaired) electrons. The minimum absolute atomic E-state index is 0.250. The maximum Gasteiger partial charge on any atom is 0.310 e. The Morgan fingerprint density at radius 2 is 1.77 bits per heavy atom. The summed E-state index contributed by atoms with van der Waals surface area (Å²) in [7, 11) is -1.24. The molecule has 8 unspecified atom stereocenters. The molecule has 2 heterocycles. The van der Waals surface area contributed by atoms with Gasteiger partial charge >= 0.3 is 5.97 Å². The molecular formula is C46H69N3O6S. The Bertz CT molecular complexity index is 1820. The number of aliphatic carboxylic acids is 1. The normalized spacial score (nSPS) is 41.9.